The van der Waals surface area contributed by atoms with Crippen LogP contribution in [0.15, 0.2) is 24.3 Å². The third kappa shape index (κ3) is 4.53. The van der Waals surface area contributed by atoms with Crippen LogP contribution in [0.1, 0.15) is 24.8 Å². The van der Waals surface area contributed by atoms with Gasteiger partial charge in [-0.15, -0.1) is 0 Å². The number of amides is 1. The summed E-state index contributed by atoms with van der Waals surface area (Å²) in [4.78, 5) is 24.5. The van der Waals surface area contributed by atoms with Crippen molar-refractivity contribution in [2.24, 2.45) is 5.92 Å². The van der Waals surface area contributed by atoms with E-state index in [4.69, 9.17) is 0 Å². The number of nitrogens with one attached hydrogen (secondary N) is 1. The Labute approximate surface area is 130 Å². The summed E-state index contributed by atoms with van der Waals surface area (Å²) < 4.78 is 0. The second-order valence-electron chi connectivity index (χ2n) is 5.82. The Hall–Kier alpha value is -1.95. The normalized spacial score (nSPS) is 15.8. The molecule has 120 valence electrons. The summed E-state index contributed by atoms with van der Waals surface area (Å²) >= 11 is 0. The molecular weight excluding hydrogens is 282 g/mol. The number of benzene rings is 1. The lowest BCUT2D eigenvalue weighted by molar-refractivity contribution is -0.384. The van der Waals surface area contributed by atoms with Crippen molar-refractivity contribution in [3.05, 3.63) is 39.9 Å². The van der Waals surface area contributed by atoms with Gasteiger partial charge in [-0.1, -0.05) is 12.1 Å². The highest BCUT2D eigenvalue weighted by Gasteiger charge is 2.22. The van der Waals surface area contributed by atoms with Crippen LogP contribution in [-0.4, -0.2) is 42.4 Å². The first kappa shape index (κ1) is 16.4. The smallest absolute Gasteiger partial charge is 0.269 e. The van der Waals surface area contributed by atoms with Crippen molar-refractivity contribution in [2.75, 3.05) is 26.7 Å². The summed E-state index contributed by atoms with van der Waals surface area (Å²) in [5.74, 6) is 0.752. The number of nitro benzene ring substituents is 1. The fourth-order valence-electron chi connectivity index (χ4n) is 2.89. The average Bonchev–Trinajstić information content (AvgIpc) is 2.53. The van der Waals surface area contributed by atoms with Gasteiger partial charge < -0.3 is 10.2 Å². The molecule has 0 aromatic heterocycles. The molecule has 1 amide bonds. The number of non-ortho nitro benzene ring substituents is 1. The summed E-state index contributed by atoms with van der Waals surface area (Å²) in [6.45, 7) is 2.61. The van der Waals surface area contributed by atoms with Crippen molar-refractivity contribution >= 4 is 11.6 Å². The summed E-state index contributed by atoms with van der Waals surface area (Å²) in [5.41, 5.74) is 0.743. The second-order valence-corrected chi connectivity index (χ2v) is 5.82. The van der Waals surface area contributed by atoms with Crippen LogP contribution in [0, 0.1) is 16.0 Å². The fraction of sp³-hybridized carbons (Fsp3) is 0.562. The lowest BCUT2D eigenvalue weighted by atomic mass is 9.93. The Balaban J connectivity index is 1.85. The number of carbonyl (C=O) groups excluding carboxylic acids is 1. The number of rotatable bonds is 6. The van der Waals surface area contributed by atoms with Crippen molar-refractivity contribution in [1.82, 2.24) is 10.2 Å². The van der Waals surface area contributed by atoms with Gasteiger partial charge in [0, 0.05) is 25.2 Å². The average molecular weight is 305 g/mol. The highest BCUT2D eigenvalue weighted by atomic mass is 16.6. The van der Waals surface area contributed by atoms with Crippen LogP contribution in [0.4, 0.5) is 5.69 Å². The first-order chi connectivity index (χ1) is 10.6. The zero-order valence-corrected chi connectivity index (χ0v) is 13.0. The van der Waals surface area contributed by atoms with Crippen molar-refractivity contribution < 1.29 is 9.72 Å². The van der Waals surface area contributed by atoms with Crippen LogP contribution in [0.3, 0.4) is 0 Å². The molecule has 6 nitrogen and oxygen atoms in total. The highest BCUT2D eigenvalue weighted by molar-refractivity contribution is 5.79. The standard InChI is InChI=1S/C16H23N3O3/c1-17-8-5-13-6-9-18(10-7-13)16(20)12-14-3-2-4-15(11-14)19(21)22/h2-4,11,13,17H,5-10,12H2,1H3. The van der Waals surface area contributed by atoms with Crippen LogP contribution in [0.5, 0.6) is 0 Å². The van der Waals surface area contributed by atoms with Crippen molar-refractivity contribution in [3.8, 4) is 0 Å². The molecule has 22 heavy (non-hydrogen) atoms. The van der Waals surface area contributed by atoms with Gasteiger partial charge >= 0.3 is 0 Å². The van der Waals surface area contributed by atoms with Crippen molar-refractivity contribution in [3.63, 3.8) is 0 Å². The molecule has 0 atom stereocenters. The molecule has 1 aromatic carbocycles. The molecule has 1 fully saturated rings. The maximum Gasteiger partial charge on any atom is 0.269 e. The number of nitrogens with zero attached hydrogens (tertiary/aromatic N) is 2. The number of nitro groups is 1. The van der Waals surface area contributed by atoms with Crippen LogP contribution in [0.2, 0.25) is 0 Å². The van der Waals surface area contributed by atoms with Gasteiger partial charge in [0.05, 0.1) is 11.3 Å². The quantitative estimate of drug-likeness (QED) is 0.644. The van der Waals surface area contributed by atoms with E-state index >= 15 is 0 Å². The molecule has 0 spiro atoms. The van der Waals surface area contributed by atoms with Gasteiger partial charge in [0.15, 0.2) is 0 Å². The molecule has 1 aliphatic heterocycles. The third-order valence-corrected chi connectivity index (χ3v) is 4.25. The Kier molecular flexibility index (Phi) is 5.89. The van der Waals surface area contributed by atoms with E-state index in [1.165, 1.54) is 12.1 Å². The second kappa shape index (κ2) is 7.89. The van der Waals surface area contributed by atoms with E-state index in [1.54, 1.807) is 12.1 Å². The Morgan fingerprint density at radius 2 is 2.14 bits per heavy atom. The summed E-state index contributed by atoms with van der Waals surface area (Å²) in [5, 5.41) is 13.9. The highest BCUT2D eigenvalue weighted by Crippen LogP contribution is 2.21. The molecule has 0 bridgehead atoms. The zero-order chi connectivity index (χ0) is 15.9. The summed E-state index contributed by atoms with van der Waals surface area (Å²) in [7, 11) is 1.96. The number of hydrogen-bond acceptors (Lipinski definition) is 4. The minimum atomic E-state index is -0.429. The van der Waals surface area contributed by atoms with E-state index in [9.17, 15) is 14.9 Å². The van der Waals surface area contributed by atoms with E-state index in [-0.39, 0.29) is 18.0 Å². The molecule has 1 aromatic rings. The van der Waals surface area contributed by atoms with Crippen LogP contribution in [0.25, 0.3) is 0 Å². The molecule has 2 rings (SSSR count). The minimum Gasteiger partial charge on any atom is -0.342 e. The molecule has 1 heterocycles. The van der Waals surface area contributed by atoms with Crippen molar-refractivity contribution in [1.29, 1.82) is 0 Å². The van der Waals surface area contributed by atoms with E-state index < -0.39 is 4.92 Å². The van der Waals surface area contributed by atoms with E-state index in [0.717, 1.165) is 38.9 Å². The molecule has 0 unspecified atom stereocenters. The van der Waals surface area contributed by atoms with E-state index in [1.807, 2.05) is 11.9 Å². The van der Waals surface area contributed by atoms with Gasteiger partial charge in [-0.3, -0.25) is 14.9 Å². The molecule has 0 aliphatic carbocycles. The molecule has 0 radical (unpaired) electrons. The van der Waals surface area contributed by atoms with Gasteiger partial charge in [0.2, 0.25) is 5.91 Å². The van der Waals surface area contributed by atoms with Gasteiger partial charge in [0.1, 0.15) is 0 Å². The number of likely N-dealkylation sites (tertiary alicyclic amines) is 1. The lowest BCUT2D eigenvalue weighted by Gasteiger charge is -2.32. The molecule has 0 saturated carbocycles. The van der Waals surface area contributed by atoms with Crippen LogP contribution >= 0.6 is 0 Å². The first-order valence-corrected chi connectivity index (χ1v) is 7.76. The van der Waals surface area contributed by atoms with Gasteiger partial charge in [-0.25, -0.2) is 0 Å². The maximum atomic E-state index is 12.3. The van der Waals surface area contributed by atoms with Crippen LogP contribution < -0.4 is 5.32 Å². The van der Waals surface area contributed by atoms with Crippen LogP contribution in [-0.2, 0) is 11.2 Å². The molecule has 1 aliphatic rings. The maximum absolute atomic E-state index is 12.3. The molecular formula is C16H23N3O3. The van der Waals surface area contributed by atoms with E-state index in [2.05, 4.69) is 5.32 Å². The predicted molar refractivity (Wildman–Crippen MR) is 84.6 cm³/mol. The van der Waals surface area contributed by atoms with Gasteiger partial charge in [0.25, 0.3) is 5.69 Å². The summed E-state index contributed by atoms with van der Waals surface area (Å²) in [6, 6.07) is 6.33. The summed E-state index contributed by atoms with van der Waals surface area (Å²) in [6.07, 6.45) is 3.48. The molecule has 1 N–H and O–H groups in total. The SMILES string of the molecule is CNCCC1CCN(C(=O)Cc2cccc([N+](=O)[O-])c2)CC1. The van der Waals surface area contributed by atoms with E-state index in [0.29, 0.717) is 11.5 Å². The first-order valence-electron chi connectivity index (χ1n) is 7.76. The minimum absolute atomic E-state index is 0.0380. The lowest BCUT2D eigenvalue weighted by Crippen LogP contribution is -2.39. The predicted octanol–water partition coefficient (Wildman–Crippen LogP) is 1.99. The monoisotopic (exact) mass is 305 g/mol. The van der Waals surface area contributed by atoms with Gasteiger partial charge in [-0.05, 0) is 44.3 Å². The Morgan fingerprint density at radius 3 is 2.77 bits per heavy atom. The Bertz CT molecular complexity index is 525. The topological polar surface area (TPSA) is 75.5 Å². The number of piperidine rings is 1. The van der Waals surface area contributed by atoms with Gasteiger partial charge in [-0.2, -0.15) is 0 Å². The zero-order valence-electron chi connectivity index (χ0n) is 13.0. The fourth-order valence-corrected chi connectivity index (χ4v) is 2.89. The number of carbonyl (C=O) groups is 1. The van der Waals surface area contributed by atoms with Crippen molar-refractivity contribution in [2.45, 2.75) is 25.7 Å². The molecule has 1 saturated heterocycles. The third-order valence-electron chi connectivity index (χ3n) is 4.25. The molecule has 6 heteroatoms. The Morgan fingerprint density at radius 1 is 1.41 bits per heavy atom. The number of hydrogen-bond donors (Lipinski definition) is 1. The largest absolute Gasteiger partial charge is 0.342 e.